The molecule has 1 saturated heterocycles. The molecule has 1 fully saturated rings. The number of anilines is 1. The van der Waals surface area contributed by atoms with E-state index in [0.717, 1.165) is 13.1 Å². The van der Waals surface area contributed by atoms with Gasteiger partial charge in [-0.1, -0.05) is 11.6 Å². The second-order valence-corrected chi connectivity index (χ2v) is 4.20. The summed E-state index contributed by atoms with van der Waals surface area (Å²) in [5.74, 6) is 0.693. The normalized spacial score (nSPS) is 24.3. The van der Waals surface area contributed by atoms with Gasteiger partial charge in [0.2, 0.25) is 0 Å². The van der Waals surface area contributed by atoms with Gasteiger partial charge in [-0.05, 0) is 6.92 Å². The van der Waals surface area contributed by atoms with Crippen LogP contribution in [0.1, 0.15) is 6.92 Å². The van der Waals surface area contributed by atoms with Crippen LogP contribution in [0.25, 0.3) is 0 Å². The van der Waals surface area contributed by atoms with E-state index in [2.05, 4.69) is 9.97 Å². The Morgan fingerprint density at radius 2 is 2.06 bits per heavy atom. The molecule has 5 nitrogen and oxygen atoms in total. The molecule has 2 heterocycles. The summed E-state index contributed by atoms with van der Waals surface area (Å²) < 4.78 is 11.0. The van der Waals surface area contributed by atoms with E-state index in [4.69, 9.17) is 21.1 Å². The molecule has 17 heavy (non-hydrogen) atoms. The molecule has 0 unspecified atom stereocenters. The van der Waals surface area contributed by atoms with Crippen molar-refractivity contribution in [1.82, 2.24) is 9.97 Å². The predicted octanol–water partition coefficient (Wildman–Crippen LogP) is 1.37. The van der Waals surface area contributed by atoms with Gasteiger partial charge in [-0.25, -0.2) is 9.97 Å². The van der Waals surface area contributed by atoms with E-state index < -0.39 is 0 Å². The lowest BCUT2D eigenvalue weighted by Crippen LogP contribution is -2.28. The monoisotopic (exact) mass is 257 g/mol. The lowest BCUT2D eigenvalue weighted by Gasteiger charge is -2.17. The molecule has 1 aliphatic heterocycles. The minimum absolute atomic E-state index is 0.0491. The van der Waals surface area contributed by atoms with Crippen LogP contribution >= 0.6 is 11.6 Å². The summed E-state index contributed by atoms with van der Waals surface area (Å²) in [6.45, 7) is 4.10. The minimum Gasteiger partial charge on any atom is -0.377 e. The third-order valence-corrected chi connectivity index (χ3v) is 3.10. The molecular formula is C11H16ClN3O2. The molecule has 2 atom stereocenters. The zero-order chi connectivity index (χ0) is 12.3. The summed E-state index contributed by atoms with van der Waals surface area (Å²) in [6, 6.07) is 0. The smallest absolute Gasteiger partial charge is 0.171 e. The van der Waals surface area contributed by atoms with Gasteiger partial charge in [0.15, 0.2) is 11.0 Å². The van der Waals surface area contributed by atoms with Crippen molar-refractivity contribution in [3.8, 4) is 0 Å². The van der Waals surface area contributed by atoms with Gasteiger partial charge in [0, 0.05) is 39.2 Å². The second-order valence-electron chi connectivity index (χ2n) is 3.84. The third kappa shape index (κ3) is 2.68. The Morgan fingerprint density at radius 3 is 2.71 bits per heavy atom. The Labute approximate surface area is 106 Å². The highest BCUT2D eigenvalue weighted by Gasteiger charge is 2.35. The van der Waals surface area contributed by atoms with Gasteiger partial charge in [-0.2, -0.15) is 0 Å². The average molecular weight is 258 g/mol. The van der Waals surface area contributed by atoms with Crippen molar-refractivity contribution in [2.45, 2.75) is 19.1 Å². The molecule has 94 valence electrons. The van der Waals surface area contributed by atoms with Crippen LogP contribution in [0.2, 0.25) is 5.15 Å². The Kier molecular flexibility index (Phi) is 4.15. The van der Waals surface area contributed by atoms with Crippen LogP contribution in [0.5, 0.6) is 0 Å². The van der Waals surface area contributed by atoms with Gasteiger partial charge in [-0.3, -0.25) is 0 Å². The number of nitrogens with zero attached hydrogens (tertiary/aromatic N) is 3. The molecule has 1 aromatic heterocycles. The maximum Gasteiger partial charge on any atom is 0.171 e. The van der Waals surface area contributed by atoms with Crippen molar-refractivity contribution < 1.29 is 9.47 Å². The second kappa shape index (κ2) is 5.62. The van der Waals surface area contributed by atoms with Gasteiger partial charge in [-0.15, -0.1) is 0 Å². The Bertz CT molecular complexity index is 377. The van der Waals surface area contributed by atoms with Crippen LogP contribution in [0.3, 0.4) is 0 Å². The number of rotatable bonds is 4. The molecule has 0 aromatic carbocycles. The highest BCUT2D eigenvalue weighted by atomic mass is 35.5. The van der Waals surface area contributed by atoms with Gasteiger partial charge in [0.05, 0.1) is 0 Å². The molecule has 0 amide bonds. The molecule has 2 rings (SSSR count). The van der Waals surface area contributed by atoms with Crippen LogP contribution < -0.4 is 4.90 Å². The summed E-state index contributed by atoms with van der Waals surface area (Å²) in [7, 11) is 1.69. The third-order valence-electron chi connectivity index (χ3n) is 2.83. The molecule has 0 aliphatic carbocycles. The van der Waals surface area contributed by atoms with Gasteiger partial charge >= 0.3 is 0 Å². The first-order valence-electron chi connectivity index (χ1n) is 5.62. The highest BCUT2D eigenvalue weighted by Crippen LogP contribution is 2.26. The van der Waals surface area contributed by atoms with E-state index in [1.165, 1.54) is 0 Å². The lowest BCUT2D eigenvalue weighted by atomic mass is 10.2. The first-order chi connectivity index (χ1) is 8.26. The zero-order valence-electron chi connectivity index (χ0n) is 9.97. The number of halogens is 1. The molecule has 0 N–H and O–H groups in total. The highest BCUT2D eigenvalue weighted by molar-refractivity contribution is 6.31. The van der Waals surface area contributed by atoms with E-state index in [1.807, 2.05) is 11.8 Å². The van der Waals surface area contributed by atoms with Crippen LogP contribution in [0.15, 0.2) is 12.4 Å². The van der Waals surface area contributed by atoms with Crippen LogP contribution in [-0.2, 0) is 9.47 Å². The van der Waals surface area contributed by atoms with Crippen molar-refractivity contribution in [2.24, 2.45) is 0 Å². The Balaban J connectivity index is 2.12. The number of hydrogen-bond donors (Lipinski definition) is 0. The number of hydrogen-bond acceptors (Lipinski definition) is 5. The van der Waals surface area contributed by atoms with Crippen molar-refractivity contribution >= 4 is 17.4 Å². The maximum atomic E-state index is 6.02. The summed E-state index contributed by atoms with van der Waals surface area (Å²) in [5.41, 5.74) is 0. The molecule has 0 spiro atoms. The summed E-state index contributed by atoms with van der Waals surface area (Å²) in [5, 5.41) is 0.416. The quantitative estimate of drug-likeness (QED) is 0.815. The zero-order valence-corrected chi connectivity index (χ0v) is 10.7. The largest absolute Gasteiger partial charge is 0.377 e. The minimum atomic E-state index is 0.0491. The van der Waals surface area contributed by atoms with E-state index >= 15 is 0 Å². The molecule has 1 aromatic rings. The first kappa shape index (κ1) is 12.5. The number of ether oxygens (including phenoxy) is 2. The Morgan fingerprint density at radius 1 is 1.35 bits per heavy atom. The fourth-order valence-corrected chi connectivity index (χ4v) is 2.27. The van der Waals surface area contributed by atoms with Gasteiger partial charge < -0.3 is 14.4 Å². The van der Waals surface area contributed by atoms with Gasteiger partial charge in [0.1, 0.15) is 12.2 Å². The molecular weight excluding hydrogens is 242 g/mol. The topological polar surface area (TPSA) is 47.5 Å². The molecule has 6 heteroatoms. The van der Waals surface area contributed by atoms with E-state index in [-0.39, 0.29) is 12.2 Å². The molecule has 0 bridgehead atoms. The van der Waals surface area contributed by atoms with Crippen LogP contribution in [-0.4, -0.2) is 49.0 Å². The van der Waals surface area contributed by atoms with Crippen molar-refractivity contribution in [1.29, 1.82) is 0 Å². The van der Waals surface area contributed by atoms with E-state index in [1.54, 1.807) is 19.5 Å². The van der Waals surface area contributed by atoms with Crippen molar-refractivity contribution in [3.63, 3.8) is 0 Å². The van der Waals surface area contributed by atoms with E-state index in [9.17, 15) is 0 Å². The summed E-state index contributed by atoms with van der Waals surface area (Å²) in [6.07, 6.45) is 3.32. The SMILES string of the molecule is CCO[C@@H]1CN(c2nccnc2Cl)C[C@@H]1OC. The van der Waals surface area contributed by atoms with Crippen LogP contribution in [0.4, 0.5) is 5.82 Å². The molecule has 0 radical (unpaired) electrons. The fraction of sp³-hybridized carbons (Fsp3) is 0.636. The van der Waals surface area contributed by atoms with Gasteiger partial charge in [0.25, 0.3) is 0 Å². The molecule has 1 aliphatic rings. The first-order valence-corrected chi connectivity index (χ1v) is 6.00. The van der Waals surface area contributed by atoms with Crippen molar-refractivity contribution in [2.75, 3.05) is 31.7 Å². The Hall–Kier alpha value is -0.910. The summed E-state index contributed by atoms with van der Waals surface area (Å²) in [4.78, 5) is 10.3. The number of aromatic nitrogens is 2. The van der Waals surface area contributed by atoms with Crippen molar-refractivity contribution in [3.05, 3.63) is 17.5 Å². The lowest BCUT2D eigenvalue weighted by molar-refractivity contribution is -0.0232. The number of methoxy groups -OCH3 is 1. The van der Waals surface area contributed by atoms with Crippen LogP contribution in [0, 0.1) is 0 Å². The molecule has 0 saturated carbocycles. The average Bonchev–Trinajstić information content (AvgIpc) is 2.73. The fourth-order valence-electron chi connectivity index (χ4n) is 2.04. The maximum absolute atomic E-state index is 6.02. The van der Waals surface area contributed by atoms with E-state index in [0.29, 0.717) is 17.6 Å². The summed E-state index contributed by atoms with van der Waals surface area (Å²) >= 11 is 6.02. The standard InChI is InChI=1S/C11H16ClN3O2/c1-3-17-9-7-15(6-8(9)16-2)11-10(12)13-4-5-14-11/h4-5,8-9H,3,6-7H2,1-2H3/t8-,9+/m0/s1. The predicted molar refractivity (Wildman–Crippen MR) is 65.5 cm³/mol.